The topological polar surface area (TPSA) is 9.23 Å². The van der Waals surface area contributed by atoms with Gasteiger partial charge in [0.1, 0.15) is 5.75 Å². The minimum atomic E-state index is 0.904. The second kappa shape index (κ2) is 3.42. The summed E-state index contributed by atoms with van der Waals surface area (Å²) in [5.41, 5.74) is 1.22. The first kappa shape index (κ1) is 7.35. The maximum absolute atomic E-state index is 4.94. The molecule has 3 radical (unpaired) electrons. The summed E-state index contributed by atoms with van der Waals surface area (Å²) >= 11 is 0. The fourth-order valence-corrected chi connectivity index (χ4v) is 1.09. The number of hydrogen-bond acceptors (Lipinski definition) is 1. The normalized spacial score (nSPS) is 9.40. The third kappa shape index (κ3) is 1.39. The smallest absolute Gasteiger partial charge is 0.341 e. The number of aryl methyl sites for hydroxylation is 1. The lowest BCUT2D eigenvalue weighted by Crippen LogP contribution is -1.90. The van der Waals surface area contributed by atoms with Crippen LogP contribution in [0.3, 0.4) is 0 Å². The van der Waals surface area contributed by atoms with Crippen molar-refractivity contribution in [1.29, 1.82) is 0 Å². The van der Waals surface area contributed by atoms with Crippen LogP contribution < -0.4 is 4.43 Å². The molecule has 1 aromatic rings. The number of para-hydroxylation sites is 1. The first-order valence-electron chi connectivity index (χ1n) is 3.30. The van der Waals surface area contributed by atoms with Crippen LogP contribution in [0.25, 0.3) is 0 Å². The Morgan fingerprint density at radius 2 is 2.10 bits per heavy atom. The van der Waals surface area contributed by atoms with Gasteiger partial charge in [-0.15, -0.1) is 0 Å². The molecule has 1 nitrogen and oxygen atoms in total. The van der Waals surface area contributed by atoms with E-state index in [-0.39, 0.29) is 0 Å². The highest BCUT2D eigenvalue weighted by Gasteiger charge is 1.95. The number of hydrogen-bond donors (Lipinski definition) is 0. The zero-order chi connectivity index (χ0) is 7.40. The summed E-state index contributed by atoms with van der Waals surface area (Å²) in [5, 5.41) is 0. The van der Waals surface area contributed by atoms with Gasteiger partial charge in [0.2, 0.25) is 0 Å². The molecule has 0 bridgehead atoms. The van der Waals surface area contributed by atoms with Crippen LogP contribution in [0.15, 0.2) is 24.3 Å². The van der Waals surface area contributed by atoms with E-state index >= 15 is 0 Å². The average Bonchev–Trinajstić information content (AvgIpc) is 2.04. The predicted molar refractivity (Wildman–Crippen MR) is 42.2 cm³/mol. The Morgan fingerprint density at radius 1 is 1.40 bits per heavy atom. The monoisotopic (exact) mass is 149 g/mol. The van der Waals surface area contributed by atoms with E-state index in [2.05, 4.69) is 23.5 Å². The van der Waals surface area contributed by atoms with Gasteiger partial charge in [0.05, 0.1) is 0 Å². The summed E-state index contributed by atoms with van der Waals surface area (Å²) in [5.74, 6) is 0.904. The highest BCUT2D eigenvalue weighted by atomic mass is 28.2. The van der Waals surface area contributed by atoms with Crippen LogP contribution in [0, 0.1) is 0 Å². The van der Waals surface area contributed by atoms with Crippen LogP contribution in [-0.2, 0) is 6.42 Å². The number of benzene rings is 1. The Bertz CT molecular complexity index is 187. The molecular weight excluding hydrogens is 140 g/mol. The van der Waals surface area contributed by atoms with Crippen molar-refractivity contribution in [3.8, 4) is 5.75 Å². The van der Waals surface area contributed by atoms with Crippen LogP contribution in [0.1, 0.15) is 12.5 Å². The molecule has 0 saturated carbocycles. The first-order chi connectivity index (χ1) is 4.88. The molecule has 0 saturated heterocycles. The molecule has 0 unspecified atom stereocenters. The summed E-state index contributed by atoms with van der Waals surface area (Å²) in [6, 6.07) is 7.95. The van der Waals surface area contributed by atoms with Crippen molar-refractivity contribution in [2.45, 2.75) is 13.3 Å². The summed E-state index contributed by atoms with van der Waals surface area (Å²) in [6.45, 7) is 2.10. The van der Waals surface area contributed by atoms with Gasteiger partial charge in [-0.3, -0.25) is 0 Å². The van der Waals surface area contributed by atoms with Crippen LogP contribution in [0.4, 0.5) is 0 Å². The van der Waals surface area contributed by atoms with E-state index in [4.69, 9.17) is 4.43 Å². The van der Waals surface area contributed by atoms with E-state index in [1.807, 2.05) is 18.2 Å². The summed E-state index contributed by atoms with van der Waals surface area (Å²) in [4.78, 5) is 0. The third-order valence-corrected chi connectivity index (χ3v) is 1.68. The molecule has 0 N–H and O–H groups in total. The number of rotatable bonds is 2. The second-order valence-electron chi connectivity index (χ2n) is 2.06. The van der Waals surface area contributed by atoms with Crippen molar-refractivity contribution in [3.63, 3.8) is 0 Å². The molecule has 0 amide bonds. The van der Waals surface area contributed by atoms with Crippen LogP contribution in [0.2, 0.25) is 0 Å². The molecular formula is C8H9OSi. The highest BCUT2D eigenvalue weighted by Crippen LogP contribution is 2.16. The fraction of sp³-hybridized carbons (Fsp3) is 0.250. The zero-order valence-electron chi connectivity index (χ0n) is 5.92. The van der Waals surface area contributed by atoms with Gasteiger partial charge in [-0.05, 0) is 18.1 Å². The summed E-state index contributed by atoms with van der Waals surface area (Å²) in [6.07, 6.45) is 1.00. The van der Waals surface area contributed by atoms with Crippen LogP contribution in [0.5, 0.6) is 5.75 Å². The van der Waals surface area contributed by atoms with Gasteiger partial charge in [0, 0.05) is 0 Å². The van der Waals surface area contributed by atoms with Gasteiger partial charge >= 0.3 is 10.5 Å². The molecule has 0 aromatic heterocycles. The van der Waals surface area contributed by atoms with Gasteiger partial charge in [-0.25, -0.2) is 0 Å². The van der Waals surface area contributed by atoms with Crippen molar-refractivity contribution in [2.75, 3.05) is 0 Å². The van der Waals surface area contributed by atoms with Crippen molar-refractivity contribution in [2.24, 2.45) is 0 Å². The van der Waals surface area contributed by atoms with Gasteiger partial charge in [-0.1, -0.05) is 25.1 Å². The van der Waals surface area contributed by atoms with E-state index in [0.29, 0.717) is 0 Å². The predicted octanol–water partition coefficient (Wildman–Crippen LogP) is 1.71. The van der Waals surface area contributed by atoms with E-state index in [1.165, 1.54) is 5.56 Å². The molecule has 0 heterocycles. The Labute approximate surface area is 64.6 Å². The molecule has 0 atom stereocenters. The molecule has 10 heavy (non-hydrogen) atoms. The Hall–Kier alpha value is -0.763. The molecule has 0 aliphatic rings. The Kier molecular flexibility index (Phi) is 2.51. The minimum absolute atomic E-state index is 0.904. The van der Waals surface area contributed by atoms with Crippen molar-refractivity contribution in [1.82, 2.24) is 0 Å². The van der Waals surface area contributed by atoms with Crippen molar-refractivity contribution < 1.29 is 4.43 Å². The highest BCUT2D eigenvalue weighted by molar-refractivity contribution is 6.00. The second-order valence-corrected chi connectivity index (χ2v) is 2.27. The van der Waals surface area contributed by atoms with Crippen molar-refractivity contribution in [3.05, 3.63) is 29.8 Å². The van der Waals surface area contributed by atoms with Gasteiger partial charge < -0.3 is 4.43 Å². The van der Waals surface area contributed by atoms with E-state index < -0.39 is 0 Å². The first-order valence-corrected chi connectivity index (χ1v) is 3.70. The van der Waals surface area contributed by atoms with Gasteiger partial charge in [-0.2, -0.15) is 0 Å². The fourth-order valence-electron chi connectivity index (χ4n) is 0.895. The standard InChI is InChI=1S/C8H9OSi/c1-2-7-5-3-4-6-8(7)9-10/h3-6H,2H2,1H3. The SMILES string of the molecule is CCc1ccccc1O[Si]. The molecule has 1 aromatic carbocycles. The molecule has 0 fully saturated rings. The van der Waals surface area contributed by atoms with Crippen LogP contribution in [-0.4, -0.2) is 10.5 Å². The van der Waals surface area contributed by atoms with Crippen LogP contribution >= 0.6 is 0 Å². The maximum Gasteiger partial charge on any atom is 0.341 e. The molecule has 0 spiro atoms. The quantitative estimate of drug-likeness (QED) is 0.582. The van der Waals surface area contributed by atoms with E-state index in [0.717, 1.165) is 12.2 Å². The van der Waals surface area contributed by atoms with E-state index in [1.54, 1.807) is 0 Å². The molecule has 1 rings (SSSR count). The zero-order valence-corrected chi connectivity index (χ0v) is 6.92. The molecule has 2 heteroatoms. The van der Waals surface area contributed by atoms with Gasteiger partial charge in [0.15, 0.2) is 0 Å². The Morgan fingerprint density at radius 3 is 2.60 bits per heavy atom. The largest absolute Gasteiger partial charge is 0.540 e. The van der Waals surface area contributed by atoms with E-state index in [9.17, 15) is 0 Å². The molecule has 51 valence electrons. The summed E-state index contributed by atoms with van der Waals surface area (Å²) in [7, 11) is 3.00. The summed E-state index contributed by atoms with van der Waals surface area (Å²) < 4.78 is 4.94. The van der Waals surface area contributed by atoms with Crippen molar-refractivity contribution >= 4 is 10.5 Å². The third-order valence-electron chi connectivity index (χ3n) is 1.46. The molecule has 0 aliphatic carbocycles. The van der Waals surface area contributed by atoms with Gasteiger partial charge in [0.25, 0.3) is 0 Å². The maximum atomic E-state index is 4.94. The minimum Gasteiger partial charge on any atom is -0.540 e. The average molecular weight is 149 g/mol. The molecule has 0 aliphatic heterocycles. The Balaban J connectivity index is 2.96. The lowest BCUT2D eigenvalue weighted by atomic mass is 10.1. The lowest BCUT2D eigenvalue weighted by Gasteiger charge is -2.04. The lowest BCUT2D eigenvalue weighted by molar-refractivity contribution is 0.606.